The zero-order valence-corrected chi connectivity index (χ0v) is 7.76. The van der Waals surface area contributed by atoms with Crippen LogP contribution in [0.3, 0.4) is 0 Å². The quantitative estimate of drug-likeness (QED) is 0.353. The van der Waals surface area contributed by atoms with Crippen LogP contribution in [0.1, 0.15) is 5.56 Å². The first kappa shape index (κ1) is 7.96. The van der Waals surface area contributed by atoms with Gasteiger partial charge in [-0.3, -0.25) is 4.42 Å². The summed E-state index contributed by atoms with van der Waals surface area (Å²) < 4.78 is 1.52. The molecular formula is C9H7Cl2N. The second kappa shape index (κ2) is 3.00. The van der Waals surface area contributed by atoms with E-state index >= 15 is 0 Å². The summed E-state index contributed by atoms with van der Waals surface area (Å²) in [6, 6.07) is 7.87. The third kappa shape index (κ3) is 1.19. The van der Waals surface area contributed by atoms with Crippen molar-refractivity contribution in [3.8, 4) is 0 Å². The van der Waals surface area contributed by atoms with Crippen molar-refractivity contribution in [2.45, 2.75) is 5.50 Å². The topological polar surface area (TPSA) is 3.24 Å². The fraction of sp³-hybridized carbons (Fsp3) is 0.111. The van der Waals surface area contributed by atoms with Crippen LogP contribution in [-0.4, -0.2) is 5.50 Å². The SMILES string of the molecule is ClC1C=Cc2ccccc2N1Cl. The Balaban J connectivity index is 2.52. The van der Waals surface area contributed by atoms with Gasteiger partial charge in [0.1, 0.15) is 5.50 Å². The van der Waals surface area contributed by atoms with E-state index in [1.165, 1.54) is 4.42 Å². The number of nitrogens with zero attached hydrogens (tertiary/aromatic N) is 1. The van der Waals surface area contributed by atoms with Crippen LogP contribution in [0.2, 0.25) is 0 Å². The van der Waals surface area contributed by atoms with Gasteiger partial charge >= 0.3 is 0 Å². The highest BCUT2D eigenvalue weighted by Crippen LogP contribution is 2.31. The zero-order valence-electron chi connectivity index (χ0n) is 6.24. The van der Waals surface area contributed by atoms with Gasteiger partial charge in [0.05, 0.1) is 5.69 Å². The van der Waals surface area contributed by atoms with Crippen molar-refractivity contribution in [2.24, 2.45) is 0 Å². The third-order valence-electron chi connectivity index (χ3n) is 1.82. The Morgan fingerprint density at radius 2 is 2.00 bits per heavy atom. The van der Waals surface area contributed by atoms with E-state index in [4.69, 9.17) is 23.4 Å². The Kier molecular flexibility index (Phi) is 1.99. The molecule has 0 amide bonds. The lowest BCUT2D eigenvalue weighted by Gasteiger charge is -2.24. The van der Waals surface area contributed by atoms with Gasteiger partial charge in [0.2, 0.25) is 0 Å². The molecule has 62 valence electrons. The van der Waals surface area contributed by atoms with Gasteiger partial charge < -0.3 is 0 Å². The predicted octanol–water partition coefficient (Wildman–Crippen LogP) is 3.24. The minimum atomic E-state index is -0.249. The fourth-order valence-electron chi connectivity index (χ4n) is 1.21. The Labute approximate surface area is 81.3 Å². The highest BCUT2D eigenvalue weighted by molar-refractivity contribution is 6.35. The number of alkyl halides is 1. The van der Waals surface area contributed by atoms with Crippen LogP contribution in [0.25, 0.3) is 6.08 Å². The van der Waals surface area contributed by atoms with Crippen molar-refractivity contribution >= 4 is 35.1 Å². The van der Waals surface area contributed by atoms with Gasteiger partial charge in [-0.25, -0.2) is 0 Å². The molecule has 0 radical (unpaired) electrons. The molecule has 1 atom stereocenters. The van der Waals surface area contributed by atoms with E-state index in [9.17, 15) is 0 Å². The predicted molar refractivity (Wildman–Crippen MR) is 53.4 cm³/mol. The standard InChI is InChI=1S/C9H7Cl2N/c10-9-6-5-7-3-1-2-4-8(7)12(9)11/h1-6,9H. The van der Waals surface area contributed by atoms with Crippen molar-refractivity contribution < 1.29 is 0 Å². The summed E-state index contributed by atoms with van der Waals surface area (Å²) in [6.07, 6.45) is 3.84. The molecule has 1 aliphatic heterocycles. The average molecular weight is 200 g/mol. The Morgan fingerprint density at radius 3 is 2.83 bits per heavy atom. The Bertz CT molecular complexity index is 322. The molecule has 1 aromatic carbocycles. The average Bonchev–Trinajstić information content (AvgIpc) is 2.12. The van der Waals surface area contributed by atoms with Crippen molar-refractivity contribution in [1.82, 2.24) is 0 Å². The first-order valence-electron chi connectivity index (χ1n) is 3.65. The molecule has 0 N–H and O–H groups in total. The van der Waals surface area contributed by atoms with E-state index in [1.54, 1.807) is 0 Å². The number of fused-ring (bicyclic) bond motifs is 1. The normalized spacial score (nSPS) is 20.8. The minimum Gasteiger partial charge on any atom is -0.263 e. The van der Waals surface area contributed by atoms with Gasteiger partial charge in [0.15, 0.2) is 0 Å². The molecule has 1 aliphatic rings. The molecule has 0 saturated carbocycles. The summed E-state index contributed by atoms with van der Waals surface area (Å²) in [7, 11) is 0. The lowest BCUT2D eigenvalue weighted by atomic mass is 10.1. The zero-order chi connectivity index (χ0) is 8.55. The Hall–Kier alpha value is -0.660. The van der Waals surface area contributed by atoms with Gasteiger partial charge in [-0.1, -0.05) is 35.9 Å². The largest absolute Gasteiger partial charge is 0.263 e. The van der Waals surface area contributed by atoms with Crippen molar-refractivity contribution in [2.75, 3.05) is 4.42 Å². The van der Waals surface area contributed by atoms with Crippen LogP contribution in [0.5, 0.6) is 0 Å². The van der Waals surface area contributed by atoms with Crippen molar-refractivity contribution in [3.63, 3.8) is 0 Å². The molecule has 1 nitrogen and oxygen atoms in total. The van der Waals surface area contributed by atoms with Gasteiger partial charge in [0, 0.05) is 11.8 Å². The summed E-state index contributed by atoms with van der Waals surface area (Å²) in [6.45, 7) is 0. The number of rotatable bonds is 0. The third-order valence-corrected chi connectivity index (χ3v) is 2.65. The summed E-state index contributed by atoms with van der Waals surface area (Å²) in [5, 5.41) is 0. The van der Waals surface area contributed by atoms with Crippen LogP contribution in [0.15, 0.2) is 30.3 Å². The molecule has 3 heteroatoms. The van der Waals surface area contributed by atoms with Gasteiger partial charge in [-0.2, -0.15) is 0 Å². The van der Waals surface area contributed by atoms with E-state index < -0.39 is 0 Å². The summed E-state index contributed by atoms with van der Waals surface area (Å²) in [5.74, 6) is 0. The Morgan fingerprint density at radius 1 is 1.25 bits per heavy atom. The summed E-state index contributed by atoms with van der Waals surface area (Å²) >= 11 is 11.8. The summed E-state index contributed by atoms with van der Waals surface area (Å²) in [5.41, 5.74) is 1.81. The maximum absolute atomic E-state index is 5.95. The first-order chi connectivity index (χ1) is 5.79. The number of hydrogen-bond acceptors (Lipinski definition) is 1. The van der Waals surface area contributed by atoms with E-state index in [0.29, 0.717) is 0 Å². The molecule has 0 saturated heterocycles. The highest BCUT2D eigenvalue weighted by Gasteiger charge is 2.17. The molecule has 2 rings (SSSR count). The molecule has 12 heavy (non-hydrogen) atoms. The maximum Gasteiger partial charge on any atom is 0.138 e. The molecule has 1 aromatic rings. The second-order valence-corrected chi connectivity index (χ2v) is 3.41. The van der Waals surface area contributed by atoms with Gasteiger partial charge in [-0.15, -0.1) is 0 Å². The van der Waals surface area contributed by atoms with Crippen LogP contribution in [-0.2, 0) is 0 Å². The molecule has 0 aliphatic carbocycles. The van der Waals surface area contributed by atoms with E-state index in [-0.39, 0.29) is 5.50 Å². The van der Waals surface area contributed by atoms with Crippen LogP contribution in [0.4, 0.5) is 5.69 Å². The maximum atomic E-state index is 5.95. The van der Waals surface area contributed by atoms with Crippen LogP contribution >= 0.6 is 23.4 Å². The van der Waals surface area contributed by atoms with E-state index in [2.05, 4.69) is 0 Å². The number of hydrogen-bond donors (Lipinski definition) is 0. The van der Waals surface area contributed by atoms with E-state index in [1.807, 2.05) is 36.4 Å². The van der Waals surface area contributed by atoms with Gasteiger partial charge in [0.25, 0.3) is 0 Å². The van der Waals surface area contributed by atoms with Crippen molar-refractivity contribution in [3.05, 3.63) is 35.9 Å². The number of para-hydroxylation sites is 1. The van der Waals surface area contributed by atoms with Gasteiger partial charge in [-0.05, 0) is 17.7 Å². The second-order valence-electron chi connectivity index (χ2n) is 2.60. The van der Waals surface area contributed by atoms with Crippen molar-refractivity contribution in [1.29, 1.82) is 0 Å². The molecule has 1 heterocycles. The van der Waals surface area contributed by atoms with Crippen LogP contribution in [0, 0.1) is 0 Å². The molecule has 0 aromatic heterocycles. The first-order valence-corrected chi connectivity index (χ1v) is 4.43. The fourth-order valence-corrected chi connectivity index (χ4v) is 1.61. The van der Waals surface area contributed by atoms with Crippen LogP contribution < -0.4 is 4.42 Å². The summed E-state index contributed by atoms with van der Waals surface area (Å²) in [4.78, 5) is 0. The highest BCUT2D eigenvalue weighted by atomic mass is 35.5. The minimum absolute atomic E-state index is 0.249. The lowest BCUT2D eigenvalue weighted by molar-refractivity contribution is 1.09. The monoisotopic (exact) mass is 199 g/mol. The molecule has 0 bridgehead atoms. The van der Waals surface area contributed by atoms with E-state index in [0.717, 1.165) is 11.3 Å². The molecule has 0 fully saturated rings. The molecule has 0 spiro atoms. The smallest absolute Gasteiger partial charge is 0.138 e. The molecular weight excluding hydrogens is 193 g/mol. The number of anilines is 1. The number of halogens is 2. The number of benzene rings is 1. The lowest BCUT2D eigenvalue weighted by Crippen LogP contribution is -2.21. The molecule has 1 unspecified atom stereocenters.